The summed E-state index contributed by atoms with van der Waals surface area (Å²) in [6, 6.07) is 0. The average molecular weight is 551 g/mol. The van der Waals surface area contributed by atoms with Crippen LogP contribution in [0, 0.1) is 17.8 Å². The molecule has 0 aliphatic heterocycles. The minimum Gasteiger partial charge on any atom is -0.852 e. The van der Waals surface area contributed by atoms with Crippen LogP contribution in [0.3, 0.4) is 0 Å². The van der Waals surface area contributed by atoms with Crippen molar-refractivity contribution in [3.8, 4) is 0 Å². The molecule has 1 aliphatic carbocycles. The zero-order chi connectivity index (χ0) is 27.8. The zero-order valence-corrected chi connectivity index (χ0v) is 30.6. The van der Waals surface area contributed by atoms with Gasteiger partial charge in [0.25, 0.3) is 0 Å². The molecule has 0 aromatic rings. The summed E-state index contributed by atoms with van der Waals surface area (Å²) in [6.45, 7) is 21.4. The molecule has 0 fully saturated rings. The molecule has 4 heteroatoms. The second-order valence-corrected chi connectivity index (χ2v) is 10.4. The minimum atomic E-state index is -0.426. The topological polar surface area (TPSA) is 43.3 Å². The maximum atomic E-state index is 11.1. The van der Waals surface area contributed by atoms with Gasteiger partial charge in [0.2, 0.25) is 0 Å². The van der Waals surface area contributed by atoms with Crippen molar-refractivity contribution in [3.05, 3.63) is 33.8 Å². The zero-order valence-electron chi connectivity index (χ0n) is 26.5. The van der Waals surface area contributed by atoms with Crippen LogP contribution in [0.1, 0.15) is 140 Å². The molecule has 0 bridgehead atoms. The Hall–Kier alpha value is 1.13. The summed E-state index contributed by atoms with van der Waals surface area (Å²) in [5, 5.41) is 18.1. The van der Waals surface area contributed by atoms with E-state index in [-0.39, 0.29) is 51.4 Å². The van der Waals surface area contributed by atoms with Crippen LogP contribution in [0.5, 0.6) is 0 Å². The van der Waals surface area contributed by atoms with E-state index in [0.29, 0.717) is 5.92 Å². The van der Waals surface area contributed by atoms with Crippen LogP contribution in [0.15, 0.2) is 33.8 Å². The molecule has 1 aliphatic rings. The molecular formula is C32H63KO2S. The van der Waals surface area contributed by atoms with Gasteiger partial charge in [-0.15, -0.1) is 18.7 Å². The fraction of sp³-hybridized carbons (Fsp3) is 0.812. The molecule has 0 saturated carbocycles. The van der Waals surface area contributed by atoms with Crippen LogP contribution >= 0.6 is 12.6 Å². The molecule has 36 heavy (non-hydrogen) atoms. The van der Waals surface area contributed by atoms with Crippen molar-refractivity contribution in [2.24, 2.45) is 17.8 Å². The van der Waals surface area contributed by atoms with E-state index in [1.165, 1.54) is 79.4 Å². The van der Waals surface area contributed by atoms with E-state index in [1.807, 2.05) is 27.7 Å². The summed E-state index contributed by atoms with van der Waals surface area (Å²) in [5.41, 5.74) is 4.42. The molecule has 0 heterocycles. The summed E-state index contributed by atoms with van der Waals surface area (Å²) < 4.78 is 0. The van der Waals surface area contributed by atoms with Gasteiger partial charge in [-0.25, -0.2) is 0 Å². The third-order valence-electron chi connectivity index (χ3n) is 6.77. The SMILES string of the molecule is CC.CC.CC1=C(S)C(CCC(C)CCCC(C)CCC/C(C)=C/CCC(C)[O-])=CCC1C.CO.[K+]. The number of aliphatic hydroxyl groups excluding tert-OH is 1. The molecule has 0 aromatic heterocycles. The molecule has 0 saturated heterocycles. The number of rotatable bonds is 14. The van der Waals surface area contributed by atoms with Gasteiger partial charge in [-0.3, -0.25) is 0 Å². The normalized spacial score (nSPS) is 17.6. The minimum absolute atomic E-state index is 0. The maximum Gasteiger partial charge on any atom is 1.00 e. The molecule has 1 N–H and O–H groups in total. The fourth-order valence-corrected chi connectivity index (χ4v) is 4.62. The third-order valence-corrected chi connectivity index (χ3v) is 7.41. The van der Waals surface area contributed by atoms with E-state index in [4.69, 9.17) is 17.7 Å². The quantitative estimate of drug-likeness (QED) is 0.144. The molecule has 4 atom stereocenters. The van der Waals surface area contributed by atoms with Crippen molar-refractivity contribution < 1.29 is 61.6 Å². The average Bonchev–Trinajstić information content (AvgIpc) is 2.85. The van der Waals surface area contributed by atoms with Gasteiger partial charge in [-0.1, -0.05) is 111 Å². The number of hydrogen-bond donors (Lipinski definition) is 2. The van der Waals surface area contributed by atoms with Crippen molar-refractivity contribution in [2.75, 3.05) is 7.11 Å². The van der Waals surface area contributed by atoms with Gasteiger partial charge in [0.05, 0.1) is 0 Å². The molecule has 0 amide bonds. The first-order chi connectivity index (χ1) is 16.7. The van der Waals surface area contributed by atoms with E-state index in [1.54, 1.807) is 6.92 Å². The first-order valence-electron chi connectivity index (χ1n) is 14.6. The van der Waals surface area contributed by atoms with Gasteiger partial charge in [-0.05, 0) is 75.7 Å². The van der Waals surface area contributed by atoms with Crippen LogP contribution in [0.2, 0.25) is 0 Å². The van der Waals surface area contributed by atoms with Gasteiger partial charge in [-0.2, -0.15) is 0 Å². The fourth-order valence-electron chi connectivity index (χ4n) is 4.20. The predicted octanol–water partition coefficient (Wildman–Crippen LogP) is 6.69. The van der Waals surface area contributed by atoms with Gasteiger partial charge < -0.3 is 10.2 Å². The van der Waals surface area contributed by atoms with Gasteiger partial charge in [0, 0.05) is 12.0 Å². The van der Waals surface area contributed by atoms with Crippen molar-refractivity contribution in [3.63, 3.8) is 0 Å². The van der Waals surface area contributed by atoms with Crippen LogP contribution in [0.25, 0.3) is 0 Å². The smallest absolute Gasteiger partial charge is 0.852 e. The molecule has 0 aromatic carbocycles. The van der Waals surface area contributed by atoms with E-state index < -0.39 is 6.10 Å². The Morgan fingerprint density at radius 3 is 2.03 bits per heavy atom. The summed E-state index contributed by atoms with van der Waals surface area (Å²) >= 11 is 4.78. The molecule has 4 unspecified atom stereocenters. The van der Waals surface area contributed by atoms with Gasteiger partial charge >= 0.3 is 51.4 Å². The molecule has 0 spiro atoms. The number of thiol groups is 1. The Morgan fingerprint density at radius 2 is 1.50 bits per heavy atom. The molecule has 0 radical (unpaired) electrons. The first-order valence-corrected chi connectivity index (χ1v) is 15.0. The van der Waals surface area contributed by atoms with E-state index >= 15 is 0 Å². The van der Waals surface area contributed by atoms with Gasteiger partial charge in [0.1, 0.15) is 0 Å². The van der Waals surface area contributed by atoms with E-state index in [0.717, 1.165) is 31.8 Å². The third kappa shape index (κ3) is 24.2. The van der Waals surface area contributed by atoms with Crippen LogP contribution < -0.4 is 56.5 Å². The Balaban J connectivity index is -0.000000677. The van der Waals surface area contributed by atoms with E-state index in [9.17, 15) is 5.11 Å². The second kappa shape index (κ2) is 30.7. The second-order valence-electron chi connectivity index (χ2n) is 9.91. The Kier molecular flexibility index (Phi) is 37.6. The van der Waals surface area contributed by atoms with Crippen LogP contribution in [-0.4, -0.2) is 18.3 Å². The van der Waals surface area contributed by atoms with Crippen molar-refractivity contribution in [1.29, 1.82) is 0 Å². The van der Waals surface area contributed by atoms with E-state index in [2.05, 4.69) is 46.8 Å². The Morgan fingerprint density at radius 1 is 1.00 bits per heavy atom. The predicted molar refractivity (Wildman–Crippen MR) is 162 cm³/mol. The van der Waals surface area contributed by atoms with Gasteiger partial charge in [0.15, 0.2) is 0 Å². The standard InChI is InChI=1S/C27H47OS.2C2H6.CH4O.K/c1-20(10-7-11-21(2)14-9-15-24(5)28)12-8-13-22(3)16-18-26-19-17-23(4)25(6)27(26)29;3*1-2;/h14,19-20,22-24,29H,7-13,15-18H2,1-6H3;2*1-2H3;2H,1H3;/q-1;;;;+1/b21-14+;;;;. The Bertz CT molecular complexity index is 567. The maximum absolute atomic E-state index is 11.1. The van der Waals surface area contributed by atoms with Crippen molar-refractivity contribution in [2.45, 2.75) is 146 Å². The summed E-state index contributed by atoms with van der Waals surface area (Å²) in [5.74, 6) is 2.29. The molecular weight excluding hydrogens is 488 g/mol. The number of allylic oxidation sites excluding steroid dienone is 5. The summed E-state index contributed by atoms with van der Waals surface area (Å²) in [6.07, 6.45) is 17.5. The largest absolute Gasteiger partial charge is 1.00 e. The first kappa shape index (κ1) is 44.2. The monoisotopic (exact) mass is 550 g/mol. The number of hydrogen-bond acceptors (Lipinski definition) is 3. The summed E-state index contributed by atoms with van der Waals surface area (Å²) in [7, 11) is 1.00. The van der Waals surface area contributed by atoms with Crippen molar-refractivity contribution >= 4 is 12.6 Å². The summed E-state index contributed by atoms with van der Waals surface area (Å²) in [4.78, 5) is 1.26. The Labute approximate surface area is 276 Å². The molecule has 210 valence electrons. The molecule has 1 rings (SSSR count). The van der Waals surface area contributed by atoms with Crippen molar-refractivity contribution in [1.82, 2.24) is 0 Å². The number of aliphatic hydroxyl groups is 1. The van der Waals surface area contributed by atoms with Crippen LogP contribution in [0.4, 0.5) is 0 Å². The molecule has 2 nitrogen and oxygen atoms in total. The van der Waals surface area contributed by atoms with Crippen LogP contribution in [-0.2, 0) is 0 Å².